The van der Waals surface area contributed by atoms with Gasteiger partial charge in [-0.3, -0.25) is 0 Å². The van der Waals surface area contributed by atoms with Crippen molar-refractivity contribution in [3.8, 4) is 0 Å². The largest absolute Gasteiger partial charge is 0.340 e. The van der Waals surface area contributed by atoms with Crippen molar-refractivity contribution in [3.63, 3.8) is 0 Å². The maximum atomic E-state index is 13.8. The molecule has 1 saturated carbocycles. The van der Waals surface area contributed by atoms with Gasteiger partial charge in [0.25, 0.3) is 0 Å². The van der Waals surface area contributed by atoms with Gasteiger partial charge in [-0.05, 0) is 31.6 Å². The molecule has 7 nitrogen and oxygen atoms in total. The topological polar surface area (TPSA) is 73.3 Å². The van der Waals surface area contributed by atoms with Crippen LogP contribution in [0.4, 0.5) is 13.6 Å². The minimum atomic E-state index is -3.17. The molecule has 3 atom stereocenters. The fraction of sp³-hybridized carbons (Fsp3) is 0.889. The summed E-state index contributed by atoms with van der Waals surface area (Å²) in [5, 5.41) is 5.63. The number of alkyl halides is 2. The summed E-state index contributed by atoms with van der Waals surface area (Å²) in [5.74, 6) is -0.210. The number of halogens is 2. The predicted octanol–water partition coefficient (Wildman–Crippen LogP) is 2.00. The highest BCUT2D eigenvalue weighted by Crippen LogP contribution is 2.42. The number of hydrazone groups is 1. The van der Waals surface area contributed by atoms with E-state index in [1.165, 1.54) is 15.6 Å². The van der Waals surface area contributed by atoms with E-state index in [2.05, 4.69) is 5.10 Å². The van der Waals surface area contributed by atoms with Gasteiger partial charge >= 0.3 is 6.03 Å². The van der Waals surface area contributed by atoms with Crippen LogP contribution in [0.15, 0.2) is 5.10 Å². The third-order valence-corrected chi connectivity index (χ3v) is 8.11. The van der Waals surface area contributed by atoms with Crippen molar-refractivity contribution < 1.29 is 22.0 Å². The van der Waals surface area contributed by atoms with E-state index in [4.69, 9.17) is 0 Å². The monoisotopic (exact) mass is 418 g/mol. The second-order valence-corrected chi connectivity index (χ2v) is 10.9. The highest BCUT2D eigenvalue weighted by molar-refractivity contribution is 7.88. The number of rotatable bonds is 2. The van der Waals surface area contributed by atoms with Gasteiger partial charge in [0.1, 0.15) is 12.3 Å². The molecule has 4 rings (SSSR count). The molecule has 0 aromatic carbocycles. The molecule has 4 aliphatic rings. The number of hydrogen-bond donors (Lipinski definition) is 0. The first kappa shape index (κ1) is 20.0. The minimum absolute atomic E-state index is 0.0192. The average molecular weight is 419 g/mol. The number of sulfonamides is 1. The van der Waals surface area contributed by atoms with Crippen LogP contribution in [-0.4, -0.2) is 85.7 Å². The molecule has 0 aromatic heterocycles. The van der Waals surface area contributed by atoms with Crippen LogP contribution in [0.25, 0.3) is 0 Å². The Balaban J connectivity index is 1.34. The molecule has 10 heteroatoms. The van der Waals surface area contributed by atoms with Crippen molar-refractivity contribution in [2.75, 3.05) is 32.4 Å². The van der Waals surface area contributed by atoms with E-state index in [1.54, 1.807) is 11.1 Å². The molecule has 3 heterocycles. The van der Waals surface area contributed by atoms with Crippen LogP contribution in [0, 0.1) is 11.3 Å². The summed E-state index contributed by atoms with van der Waals surface area (Å²) in [6.45, 7) is 2.15. The number of carbonyl (C=O) groups is 1. The molecule has 0 bridgehead atoms. The highest BCUT2D eigenvalue weighted by atomic mass is 32.2. The highest BCUT2D eigenvalue weighted by Gasteiger charge is 2.50. The maximum absolute atomic E-state index is 13.8. The van der Waals surface area contributed by atoms with E-state index in [0.29, 0.717) is 32.6 Å². The number of amides is 2. The summed E-state index contributed by atoms with van der Waals surface area (Å²) < 4.78 is 52.5. The second kappa shape index (κ2) is 7.19. The summed E-state index contributed by atoms with van der Waals surface area (Å²) in [7, 11) is -3.17. The maximum Gasteiger partial charge on any atom is 0.340 e. The lowest BCUT2D eigenvalue weighted by Crippen LogP contribution is -2.64. The third-order valence-electron chi connectivity index (χ3n) is 6.81. The summed E-state index contributed by atoms with van der Waals surface area (Å²) in [5.41, 5.74) is -0.0192. The smallest absolute Gasteiger partial charge is 0.322 e. The van der Waals surface area contributed by atoms with Crippen molar-refractivity contribution in [3.05, 3.63) is 0 Å². The number of nitrogens with zero attached hydrogens (tertiary/aromatic N) is 4. The van der Waals surface area contributed by atoms with Gasteiger partial charge in [-0.2, -0.15) is 5.10 Å². The molecule has 2 unspecified atom stereocenters. The van der Waals surface area contributed by atoms with Crippen LogP contribution in [0.5, 0.6) is 0 Å². The summed E-state index contributed by atoms with van der Waals surface area (Å²) in [6, 6.07) is -0.473. The number of hydrogen-bond acceptors (Lipinski definition) is 4. The quantitative estimate of drug-likeness (QED) is 0.689. The van der Waals surface area contributed by atoms with E-state index in [1.807, 2.05) is 0 Å². The lowest BCUT2D eigenvalue weighted by atomic mass is 9.72. The van der Waals surface area contributed by atoms with Gasteiger partial charge in [0.2, 0.25) is 10.0 Å². The molecule has 1 aliphatic carbocycles. The van der Waals surface area contributed by atoms with Gasteiger partial charge in [0, 0.05) is 50.7 Å². The molecule has 0 aromatic rings. The number of piperidine rings is 1. The Morgan fingerprint density at radius 2 is 1.71 bits per heavy atom. The Labute approximate surface area is 164 Å². The van der Waals surface area contributed by atoms with Crippen molar-refractivity contribution >= 4 is 22.3 Å². The van der Waals surface area contributed by atoms with Crippen LogP contribution in [-0.2, 0) is 10.0 Å². The van der Waals surface area contributed by atoms with Gasteiger partial charge in [-0.25, -0.2) is 31.3 Å². The summed E-state index contributed by atoms with van der Waals surface area (Å²) in [6.07, 6.45) is 3.12. The Hall–Kier alpha value is -1.29. The average Bonchev–Trinajstić information content (AvgIpc) is 3.07. The van der Waals surface area contributed by atoms with Crippen LogP contribution < -0.4 is 0 Å². The molecular weight excluding hydrogens is 390 g/mol. The van der Waals surface area contributed by atoms with Crippen LogP contribution in [0.2, 0.25) is 0 Å². The first-order chi connectivity index (χ1) is 13.2. The standard InChI is InChI=1S/C18H28F2N4O3S/c1-28(26,27)23-6-3-18(4-7-23)11-22(12-18)17(25)24-16(2-5-21-24)13-8-14(19)10-15(20)9-13/h5,13-16H,2-4,6-12H2,1H3/t13?,14?,15?,16-/m0/s1. The molecule has 158 valence electrons. The molecule has 1 spiro atoms. The first-order valence-electron chi connectivity index (χ1n) is 10.0. The lowest BCUT2D eigenvalue weighted by Gasteiger charge is -2.54. The van der Waals surface area contributed by atoms with Crippen LogP contribution >= 0.6 is 0 Å². The summed E-state index contributed by atoms with van der Waals surface area (Å²) >= 11 is 0. The minimum Gasteiger partial charge on any atom is -0.322 e. The second-order valence-electron chi connectivity index (χ2n) is 8.91. The SMILES string of the molecule is CS(=O)(=O)N1CCC2(CC1)CN(C(=O)N1N=CC[C@H]1C1CC(F)CC(F)C1)C2. The predicted molar refractivity (Wildman–Crippen MR) is 101 cm³/mol. The molecule has 2 saturated heterocycles. The van der Waals surface area contributed by atoms with E-state index in [0.717, 1.165) is 12.8 Å². The van der Waals surface area contributed by atoms with E-state index in [9.17, 15) is 22.0 Å². The van der Waals surface area contributed by atoms with Crippen molar-refractivity contribution in [1.82, 2.24) is 14.2 Å². The van der Waals surface area contributed by atoms with Gasteiger partial charge < -0.3 is 4.90 Å². The third kappa shape index (κ3) is 3.77. The van der Waals surface area contributed by atoms with Crippen LogP contribution in [0.3, 0.4) is 0 Å². The fourth-order valence-corrected chi connectivity index (χ4v) is 6.05. The van der Waals surface area contributed by atoms with E-state index >= 15 is 0 Å². The van der Waals surface area contributed by atoms with E-state index < -0.39 is 22.4 Å². The van der Waals surface area contributed by atoms with Gasteiger partial charge in [-0.15, -0.1) is 0 Å². The number of likely N-dealkylation sites (tertiary alicyclic amines) is 1. The lowest BCUT2D eigenvalue weighted by molar-refractivity contribution is -0.0235. The normalized spacial score (nSPS) is 36.0. The number of urea groups is 1. The van der Waals surface area contributed by atoms with Gasteiger partial charge in [0.15, 0.2) is 0 Å². The first-order valence-corrected chi connectivity index (χ1v) is 11.9. The molecule has 2 amide bonds. The van der Waals surface area contributed by atoms with Crippen molar-refractivity contribution in [1.29, 1.82) is 0 Å². The number of carbonyl (C=O) groups excluding carboxylic acids is 1. The van der Waals surface area contributed by atoms with Crippen molar-refractivity contribution in [2.45, 2.75) is 56.9 Å². The zero-order chi connectivity index (χ0) is 20.1. The van der Waals surface area contributed by atoms with E-state index in [-0.39, 0.29) is 42.7 Å². The fourth-order valence-electron chi connectivity index (χ4n) is 5.20. The Morgan fingerprint density at radius 3 is 2.29 bits per heavy atom. The Bertz CT molecular complexity index is 736. The molecule has 3 aliphatic heterocycles. The molecule has 0 radical (unpaired) electrons. The van der Waals surface area contributed by atoms with Gasteiger partial charge in [0.05, 0.1) is 12.3 Å². The Kier molecular flexibility index (Phi) is 5.14. The molecule has 28 heavy (non-hydrogen) atoms. The summed E-state index contributed by atoms with van der Waals surface area (Å²) in [4.78, 5) is 14.7. The van der Waals surface area contributed by atoms with Gasteiger partial charge in [-0.1, -0.05) is 0 Å². The molecule has 3 fully saturated rings. The molecular formula is C18H28F2N4O3S. The Morgan fingerprint density at radius 1 is 1.11 bits per heavy atom. The zero-order valence-corrected chi connectivity index (χ0v) is 17.0. The van der Waals surface area contributed by atoms with Crippen molar-refractivity contribution in [2.24, 2.45) is 16.4 Å². The zero-order valence-electron chi connectivity index (χ0n) is 16.1. The van der Waals surface area contributed by atoms with Crippen LogP contribution in [0.1, 0.15) is 38.5 Å². The molecule has 0 N–H and O–H groups in total.